The van der Waals surface area contributed by atoms with Gasteiger partial charge in [0.15, 0.2) is 6.10 Å². The molecule has 0 saturated heterocycles. The van der Waals surface area contributed by atoms with Crippen LogP contribution in [0, 0.1) is 17.8 Å². The summed E-state index contributed by atoms with van der Waals surface area (Å²) in [4.78, 5) is 37.6. The van der Waals surface area contributed by atoms with Crippen LogP contribution in [-0.2, 0) is 28.6 Å². The van der Waals surface area contributed by atoms with E-state index in [-0.39, 0.29) is 31.1 Å². The second-order valence-corrected chi connectivity index (χ2v) is 16.3. The molecule has 0 aliphatic rings. The highest BCUT2D eigenvalue weighted by Gasteiger charge is 2.19. The lowest BCUT2D eigenvalue weighted by Crippen LogP contribution is -2.30. The van der Waals surface area contributed by atoms with E-state index in [0.717, 1.165) is 75.5 Å². The molecule has 0 radical (unpaired) electrons. The van der Waals surface area contributed by atoms with E-state index in [1.807, 2.05) is 0 Å². The molecule has 0 heterocycles. The predicted molar refractivity (Wildman–Crippen MR) is 215 cm³/mol. The van der Waals surface area contributed by atoms with Gasteiger partial charge in [-0.05, 0) is 37.0 Å². The Bertz CT molecular complexity index is 796. The smallest absolute Gasteiger partial charge is 0.306 e. The SMILES string of the molecule is CCC(C)CCCCCCCCCCC(=O)O[C@@H](COC(=O)CCCCCCCCCCC(C)C)COC(=O)CCCCCCCCC(C)CC. The third-order valence-corrected chi connectivity index (χ3v) is 10.6. The normalized spacial score (nSPS) is 13.2. The Hall–Kier alpha value is -1.59. The summed E-state index contributed by atoms with van der Waals surface area (Å²) in [7, 11) is 0. The summed E-state index contributed by atoms with van der Waals surface area (Å²) in [5.41, 5.74) is 0. The Balaban J connectivity index is 4.38. The monoisotopic (exact) mass is 723 g/mol. The number of carbonyl (C=O) groups is 3. The summed E-state index contributed by atoms with van der Waals surface area (Å²) < 4.78 is 16.7. The molecule has 0 N–H and O–H groups in total. The summed E-state index contributed by atoms with van der Waals surface area (Å²) in [6, 6.07) is 0. The minimum absolute atomic E-state index is 0.0675. The molecule has 0 fully saturated rings. The second kappa shape index (κ2) is 36.8. The lowest BCUT2D eigenvalue weighted by atomic mass is 9.99. The number of unbranched alkanes of at least 4 members (excludes halogenated alkanes) is 19. The minimum atomic E-state index is -0.762. The topological polar surface area (TPSA) is 78.9 Å². The largest absolute Gasteiger partial charge is 0.462 e. The number of hydrogen-bond acceptors (Lipinski definition) is 6. The van der Waals surface area contributed by atoms with Crippen LogP contribution < -0.4 is 0 Å². The molecule has 302 valence electrons. The first-order valence-electron chi connectivity index (χ1n) is 22.2. The number of ether oxygens (including phenoxy) is 3. The molecule has 0 rings (SSSR count). The van der Waals surface area contributed by atoms with E-state index < -0.39 is 6.10 Å². The Kier molecular flexibility index (Phi) is 35.6. The van der Waals surface area contributed by atoms with Crippen LogP contribution in [0.1, 0.15) is 234 Å². The van der Waals surface area contributed by atoms with Gasteiger partial charge in [-0.3, -0.25) is 14.4 Å². The Morgan fingerprint density at radius 2 is 0.686 bits per heavy atom. The quantitative estimate of drug-likeness (QED) is 0.0359. The molecule has 0 amide bonds. The molecule has 0 aliphatic carbocycles. The van der Waals surface area contributed by atoms with Crippen molar-refractivity contribution >= 4 is 17.9 Å². The highest BCUT2D eigenvalue weighted by Crippen LogP contribution is 2.17. The van der Waals surface area contributed by atoms with Gasteiger partial charge in [0.25, 0.3) is 0 Å². The van der Waals surface area contributed by atoms with Crippen molar-refractivity contribution in [2.75, 3.05) is 13.2 Å². The molecular formula is C45H86O6. The Morgan fingerprint density at radius 1 is 0.392 bits per heavy atom. The molecular weight excluding hydrogens is 636 g/mol. The van der Waals surface area contributed by atoms with Crippen LogP contribution in [0.25, 0.3) is 0 Å². The zero-order chi connectivity index (χ0) is 37.8. The zero-order valence-electron chi connectivity index (χ0n) is 34.9. The van der Waals surface area contributed by atoms with Crippen molar-refractivity contribution in [2.45, 2.75) is 240 Å². The standard InChI is InChI=1S/C45H86O6/c1-7-40(5)32-26-20-14-10-12-16-24-30-36-45(48)51-42(38-50-44(47)35-29-23-18-17-21-27-33-41(6)8-2)37-49-43(46)34-28-22-15-11-9-13-19-25-31-39(3)4/h39-42H,7-38H2,1-6H3/t40?,41?,42-/m0/s1. The van der Waals surface area contributed by atoms with Crippen molar-refractivity contribution in [2.24, 2.45) is 17.8 Å². The molecule has 0 aromatic carbocycles. The van der Waals surface area contributed by atoms with Gasteiger partial charge >= 0.3 is 17.9 Å². The Labute approximate surface area is 317 Å². The average Bonchev–Trinajstić information content (AvgIpc) is 3.11. The lowest BCUT2D eigenvalue weighted by molar-refractivity contribution is -0.167. The number of rotatable bonds is 38. The molecule has 0 aromatic rings. The maximum Gasteiger partial charge on any atom is 0.306 e. The van der Waals surface area contributed by atoms with E-state index in [4.69, 9.17) is 14.2 Å². The van der Waals surface area contributed by atoms with E-state index in [1.165, 1.54) is 116 Å². The second-order valence-electron chi connectivity index (χ2n) is 16.3. The molecule has 0 aliphatic heterocycles. The van der Waals surface area contributed by atoms with Gasteiger partial charge in [-0.25, -0.2) is 0 Å². The van der Waals surface area contributed by atoms with Gasteiger partial charge in [0.05, 0.1) is 0 Å². The summed E-state index contributed by atoms with van der Waals surface area (Å²) in [6.07, 6.45) is 32.3. The zero-order valence-corrected chi connectivity index (χ0v) is 34.9. The predicted octanol–water partition coefficient (Wildman–Crippen LogP) is 13.7. The van der Waals surface area contributed by atoms with Gasteiger partial charge in [-0.2, -0.15) is 0 Å². The number of carbonyl (C=O) groups excluding carboxylic acids is 3. The fraction of sp³-hybridized carbons (Fsp3) is 0.933. The average molecular weight is 723 g/mol. The highest BCUT2D eigenvalue weighted by molar-refractivity contribution is 5.71. The van der Waals surface area contributed by atoms with Gasteiger partial charge in [0.2, 0.25) is 0 Å². The summed E-state index contributed by atoms with van der Waals surface area (Å²) >= 11 is 0. The molecule has 0 aromatic heterocycles. The maximum absolute atomic E-state index is 12.7. The first-order valence-corrected chi connectivity index (χ1v) is 22.2. The van der Waals surface area contributed by atoms with E-state index >= 15 is 0 Å². The maximum atomic E-state index is 12.7. The summed E-state index contributed by atoms with van der Waals surface area (Å²) in [5, 5.41) is 0. The molecule has 6 nitrogen and oxygen atoms in total. The molecule has 2 unspecified atom stereocenters. The van der Waals surface area contributed by atoms with Crippen molar-refractivity contribution in [3.8, 4) is 0 Å². The fourth-order valence-electron chi connectivity index (χ4n) is 6.46. The van der Waals surface area contributed by atoms with Crippen LogP contribution in [0.3, 0.4) is 0 Å². The van der Waals surface area contributed by atoms with Crippen LogP contribution in [0.4, 0.5) is 0 Å². The number of esters is 3. The third-order valence-electron chi connectivity index (χ3n) is 10.6. The van der Waals surface area contributed by atoms with Crippen molar-refractivity contribution in [3.05, 3.63) is 0 Å². The Morgan fingerprint density at radius 3 is 1.02 bits per heavy atom. The van der Waals surface area contributed by atoms with Gasteiger partial charge in [-0.1, -0.05) is 196 Å². The van der Waals surface area contributed by atoms with Crippen LogP contribution in [0.15, 0.2) is 0 Å². The van der Waals surface area contributed by atoms with Crippen molar-refractivity contribution < 1.29 is 28.6 Å². The molecule has 0 saturated carbocycles. The summed E-state index contributed by atoms with van der Waals surface area (Å²) in [5.74, 6) is 1.59. The van der Waals surface area contributed by atoms with E-state index in [1.54, 1.807) is 0 Å². The molecule has 3 atom stereocenters. The minimum Gasteiger partial charge on any atom is -0.462 e. The van der Waals surface area contributed by atoms with Crippen LogP contribution in [0.2, 0.25) is 0 Å². The molecule has 6 heteroatoms. The first kappa shape index (κ1) is 49.4. The van der Waals surface area contributed by atoms with Crippen LogP contribution >= 0.6 is 0 Å². The fourth-order valence-corrected chi connectivity index (χ4v) is 6.46. The van der Waals surface area contributed by atoms with E-state index in [0.29, 0.717) is 19.3 Å². The van der Waals surface area contributed by atoms with E-state index in [9.17, 15) is 14.4 Å². The van der Waals surface area contributed by atoms with Crippen LogP contribution in [0.5, 0.6) is 0 Å². The van der Waals surface area contributed by atoms with Crippen molar-refractivity contribution in [3.63, 3.8) is 0 Å². The molecule has 0 bridgehead atoms. The van der Waals surface area contributed by atoms with Gasteiger partial charge < -0.3 is 14.2 Å². The van der Waals surface area contributed by atoms with Crippen molar-refractivity contribution in [1.82, 2.24) is 0 Å². The molecule has 51 heavy (non-hydrogen) atoms. The van der Waals surface area contributed by atoms with E-state index in [2.05, 4.69) is 41.5 Å². The van der Waals surface area contributed by atoms with Gasteiger partial charge in [0, 0.05) is 19.3 Å². The van der Waals surface area contributed by atoms with Gasteiger partial charge in [-0.15, -0.1) is 0 Å². The number of hydrogen-bond donors (Lipinski definition) is 0. The first-order chi connectivity index (χ1) is 24.7. The van der Waals surface area contributed by atoms with Gasteiger partial charge in [0.1, 0.15) is 13.2 Å². The summed E-state index contributed by atoms with van der Waals surface area (Å²) in [6.45, 7) is 13.6. The van der Waals surface area contributed by atoms with Crippen LogP contribution in [-0.4, -0.2) is 37.2 Å². The molecule has 0 spiro atoms. The third kappa shape index (κ3) is 36.6. The highest BCUT2D eigenvalue weighted by atomic mass is 16.6. The van der Waals surface area contributed by atoms with Crippen molar-refractivity contribution in [1.29, 1.82) is 0 Å². The lowest BCUT2D eigenvalue weighted by Gasteiger charge is -2.18.